The van der Waals surface area contributed by atoms with Crippen molar-refractivity contribution in [1.82, 2.24) is 16.0 Å². The van der Waals surface area contributed by atoms with Crippen LogP contribution in [0.1, 0.15) is 6.92 Å². The van der Waals surface area contributed by atoms with Crippen LogP contribution in [-0.4, -0.2) is 53.8 Å². The maximum Gasteiger partial charge on any atom is 0.243 e. The molecule has 0 aromatic rings. The number of thiol groups is 2. The Bertz CT molecular complexity index is 391. The molecule has 0 saturated heterocycles. The molecule has 0 bridgehead atoms. The number of amides is 4. The highest BCUT2D eigenvalue weighted by Crippen LogP contribution is 1.89. The van der Waals surface area contributed by atoms with E-state index in [1.807, 2.05) is 0 Å². The third kappa shape index (κ3) is 7.24. The summed E-state index contributed by atoms with van der Waals surface area (Å²) in [6.45, 7) is 0.917. The molecule has 0 saturated carbocycles. The Morgan fingerprint density at radius 2 is 1.60 bits per heavy atom. The van der Waals surface area contributed by atoms with E-state index in [2.05, 4.69) is 41.2 Å². The summed E-state index contributed by atoms with van der Waals surface area (Å²) >= 11 is 7.79. The van der Waals surface area contributed by atoms with Crippen LogP contribution in [-0.2, 0) is 19.2 Å². The van der Waals surface area contributed by atoms with Crippen LogP contribution in [0, 0.1) is 0 Å². The normalized spacial score (nSPS) is 12.9. The highest BCUT2D eigenvalue weighted by atomic mass is 32.1. The minimum absolute atomic E-state index is 0.0557. The molecule has 0 heterocycles. The molecule has 0 radical (unpaired) electrons. The van der Waals surface area contributed by atoms with Crippen molar-refractivity contribution in [3.8, 4) is 0 Å². The molecule has 8 nitrogen and oxygen atoms in total. The Morgan fingerprint density at radius 1 is 1.05 bits per heavy atom. The Morgan fingerprint density at radius 3 is 2.00 bits per heavy atom. The topological polar surface area (TPSA) is 130 Å². The minimum Gasteiger partial charge on any atom is -0.368 e. The minimum atomic E-state index is -0.904. The molecule has 5 N–H and O–H groups in total. The summed E-state index contributed by atoms with van der Waals surface area (Å²) in [5.74, 6) is -2.09. The first-order valence-electron chi connectivity index (χ1n) is 5.67. The van der Waals surface area contributed by atoms with Gasteiger partial charge in [-0.3, -0.25) is 19.2 Å². The Balaban J connectivity index is 4.25. The van der Waals surface area contributed by atoms with Gasteiger partial charge in [0.05, 0.1) is 6.54 Å². The van der Waals surface area contributed by atoms with Crippen molar-refractivity contribution in [2.75, 3.05) is 18.1 Å². The van der Waals surface area contributed by atoms with Gasteiger partial charge < -0.3 is 21.7 Å². The predicted molar refractivity (Wildman–Crippen MR) is 79.4 cm³/mol. The molecule has 4 amide bonds. The zero-order chi connectivity index (χ0) is 15.7. The lowest BCUT2D eigenvalue weighted by atomic mass is 10.3. The van der Waals surface area contributed by atoms with Gasteiger partial charge in [-0.1, -0.05) is 0 Å². The van der Waals surface area contributed by atoms with Gasteiger partial charge in [0.2, 0.25) is 23.6 Å². The first kappa shape index (κ1) is 18.6. The van der Waals surface area contributed by atoms with Gasteiger partial charge in [-0.05, 0) is 0 Å². The molecule has 0 rings (SSSR count). The van der Waals surface area contributed by atoms with Crippen LogP contribution in [0.5, 0.6) is 0 Å². The van der Waals surface area contributed by atoms with Crippen molar-refractivity contribution in [2.45, 2.75) is 19.0 Å². The second kappa shape index (κ2) is 9.48. The second-order valence-electron chi connectivity index (χ2n) is 3.86. The van der Waals surface area contributed by atoms with Crippen molar-refractivity contribution in [3.63, 3.8) is 0 Å². The summed E-state index contributed by atoms with van der Waals surface area (Å²) in [4.78, 5) is 44.9. The van der Waals surface area contributed by atoms with E-state index in [4.69, 9.17) is 5.73 Å². The Labute approximate surface area is 127 Å². The molecular formula is C10H18N4O4S2. The first-order valence-corrected chi connectivity index (χ1v) is 6.93. The summed E-state index contributed by atoms with van der Waals surface area (Å²) in [5.41, 5.74) is 5.03. The summed E-state index contributed by atoms with van der Waals surface area (Å²) < 4.78 is 0. The maximum absolute atomic E-state index is 11.6. The highest BCUT2D eigenvalue weighted by Gasteiger charge is 2.20. The molecule has 0 aromatic carbocycles. The van der Waals surface area contributed by atoms with Gasteiger partial charge in [-0.25, -0.2) is 0 Å². The number of primary amides is 1. The highest BCUT2D eigenvalue weighted by molar-refractivity contribution is 7.80. The van der Waals surface area contributed by atoms with E-state index in [-0.39, 0.29) is 24.0 Å². The van der Waals surface area contributed by atoms with Crippen molar-refractivity contribution in [2.24, 2.45) is 5.73 Å². The summed E-state index contributed by atoms with van der Waals surface area (Å²) in [7, 11) is 0. The van der Waals surface area contributed by atoms with Gasteiger partial charge in [0, 0.05) is 18.4 Å². The van der Waals surface area contributed by atoms with E-state index in [1.165, 1.54) is 6.92 Å². The predicted octanol–water partition coefficient (Wildman–Crippen LogP) is -2.56. The van der Waals surface area contributed by atoms with E-state index < -0.39 is 29.8 Å². The third-order valence-electron chi connectivity index (χ3n) is 2.16. The molecule has 2 unspecified atom stereocenters. The number of nitrogens with one attached hydrogen (secondary N) is 3. The van der Waals surface area contributed by atoms with Gasteiger partial charge in [0.15, 0.2) is 0 Å². The zero-order valence-electron chi connectivity index (χ0n) is 10.9. The Kier molecular flexibility index (Phi) is 8.81. The number of hydrogen-bond acceptors (Lipinski definition) is 6. The van der Waals surface area contributed by atoms with Crippen LogP contribution >= 0.6 is 25.3 Å². The van der Waals surface area contributed by atoms with Crippen LogP contribution < -0.4 is 21.7 Å². The van der Waals surface area contributed by atoms with Gasteiger partial charge >= 0.3 is 0 Å². The molecule has 114 valence electrons. The van der Waals surface area contributed by atoms with Gasteiger partial charge in [0.1, 0.15) is 12.1 Å². The van der Waals surface area contributed by atoms with E-state index in [0.717, 1.165) is 0 Å². The second-order valence-corrected chi connectivity index (χ2v) is 4.59. The molecule has 0 aliphatic rings. The van der Waals surface area contributed by atoms with Crippen molar-refractivity contribution in [3.05, 3.63) is 0 Å². The Hall–Kier alpha value is -1.42. The van der Waals surface area contributed by atoms with Gasteiger partial charge in [-0.2, -0.15) is 25.3 Å². The van der Waals surface area contributed by atoms with E-state index >= 15 is 0 Å². The molecule has 0 spiro atoms. The first-order chi connectivity index (χ1) is 9.31. The quantitative estimate of drug-likeness (QED) is 0.274. The van der Waals surface area contributed by atoms with E-state index in [1.54, 1.807) is 0 Å². The van der Waals surface area contributed by atoms with Gasteiger partial charge in [0.25, 0.3) is 0 Å². The average Bonchev–Trinajstić information content (AvgIpc) is 2.38. The lowest BCUT2D eigenvalue weighted by molar-refractivity contribution is -0.130. The van der Waals surface area contributed by atoms with Crippen molar-refractivity contribution in [1.29, 1.82) is 0 Å². The average molecular weight is 322 g/mol. The third-order valence-corrected chi connectivity index (χ3v) is 2.89. The van der Waals surface area contributed by atoms with E-state index in [0.29, 0.717) is 0 Å². The molecule has 0 fully saturated rings. The number of carbonyl (C=O) groups excluding carboxylic acids is 4. The molecule has 0 aliphatic heterocycles. The fraction of sp³-hybridized carbons (Fsp3) is 0.600. The molecule has 2 atom stereocenters. The summed E-state index contributed by atoms with van der Waals surface area (Å²) in [6, 6.07) is -1.74. The number of nitrogens with two attached hydrogens (primary N) is 1. The standard InChI is InChI=1S/C10H18N4O4S2/c1-5(15)13-7(4-20)10(18)12-2-8(16)14-6(3-19)9(11)17/h6-7,19-20H,2-4H2,1H3,(H2,11,17)(H,12,18)(H,13,15)(H,14,16). The number of rotatable bonds is 8. The van der Waals surface area contributed by atoms with E-state index in [9.17, 15) is 19.2 Å². The van der Waals surface area contributed by atoms with Crippen LogP contribution in [0.15, 0.2) is 0 Å². The largest absolute Gasteiger partial charge is 0.368 e. The van der Waals surface area contributed by atoms with Gasteiger partial charge in [-0.15, -0.1) is 0 Å². The molecule has 10 heteroatoms. The summed E-state index contributed by atoms with van der Waals surface area (Å²) in [6.07, 6.45) is 0. The fourth-order valence-corrected chi connectivity index (χ4v) is 1.71. The maximum atomic E-state index is 11.6. The lowest BCUT2D eigenvalue weighted by Gasteiger charge is -2.16. The molecule has 0 aromatic heterocycles. The van der Waals surface area contributed by atoms with Crippen molar-refractivity contribution < 1.29 is 19.2 Å². The number of hydrogen-bond donors (Lipinski definition) is 6. The molecule has 20 heavy (non-hydrogen) atoms. The fourth-order valence-electron chi connectivity index (χ4n) is 1.18. The number of carbonyl (C=O) groups is 4. The lowest BCUT2D eigenvalue weighted by Crippen LogP contribution is -2.52. The molecular weight excluding hydrogens is 304 g/mol. The smallest absolute Gasteiger partial charge is 0.243 e. The monoisotopic (exact) mass is 322 g/mol. The van der Waals surface area contributed by atoms with Crippen LogP contribution in [0.3, 0.4) is 0 Å². The van der Waals surface area contributed by atoms with Crippen LogP contribution in [0.25, 0.3) is 0 Å². The van der Waals surface area contributed by atoms with Crippen molar-refractivity contribution >= 4 is 48.9 Å². The SMILES string of the molecule is CC(=O)NC(CS)C(=O)NCC(=O)NC(CS)C(N)=O. The molecule has 0 aliphatic carbocycles. The summed E-state index contributed by atoms with van der Waals surface area (Å²) in [5, 5.41) is 7.00. The zero-order valence-corrected chi connectivity index (χ0v) is 12.7. The van der Waals surface area contributed by atoms with Crippen LogP contribution in [0.4, 0.5) is 0 Å². The van der Waals surface area contributed by atoms with Crippen LogP contribution in [0.2, 0.25) is 0 Å².